The molecule has 0 unspecified atom stereocenters. The first-order valence-corrected chi connectivity index (χ1v) is 10.8. The number of amides is 2. The summed E-state index contributed by atoms with van der Waals surface area (Å²) in [5.41, 5.74) is 1.98. The van der Waals surface area contributed by atoms with Gasteiger partial charge in [0.2, 0.25) is 12.0 Å². The highest BCUT2D eigenvalue weighted by Gasteiger charge is 2.33. The average Bonchev–Trinajstić information content (AvgIpc) is 3.44. The quantitative estimate of drug-likeness (QED) is 0.708. The first-order chi connectivity index (χ1) is 14.0. The molecule has 1 fully saturated rings. The molecule has 1 aromatic carbocycles. The van der Waals surface area contributed by atoms with Crippen molar-refractivity contribution in [3.8, 4) is 0 Å². The molecule has 1 aromatic heterocycles. The molecule has 2 aromatic rings. The Hall–Kier alpha value is -2.67. The number of anilines is 1. The molecule has 1 heterocycles. The van der Waals surface area contributed by atoms with Gasteiger partial charge >= 0.3 is 5.97 Å². The second-order valence-corrected chi connectivity index (χ2v) is 8.68. The Kier molecular flexibility index (Phi) is 5.67. The summed E-state index contributed by atoms with van der Waals surface area (Å²) in [7, 11) is 0. The highest BCUT2D eigenvalue weighted by Crippen LogP contribution is 2.39. The number of rotatable bonds is 6. The van der Waals surface area contributed by atoms with Crippen molar-refractivity contribution >= 4 is 34.1 Å². The Bertz CT molecular complexity index is 934. The minimum Gasteiger partial charge on any atom is -0.444 e. The van der Waals surface area contributed by atoms with Gasteiger partial charge in [-0.1, -0.05) is 30.3 Å². The molecule has 2 amide bonds. The van der Waals surface area contributed by atoms with Crippen LogP contribution >= 0.6 is 11.3 Å². The van der Waals surface area contributed by atoms with Gasteiger partial charge in [0.15, 0.2) is 0 Å². The zero-order valence-corrected chi connectivity index (χ0v) is 17.1. The zero-order valence-electron chi connectivity index (χ0n) is 16.3. The molecular weight excluding hydrogens is 388 g/mol. The number of ether oxygens (including phenoxy) is 1. The van der Waals surface area contributed by atoms with Gasteiger partial charge in [-0.15, -0.1) is 11.3 Å². The van der Waals surface area contributed by atoms with E-state index in [0.717, 1.165) is 49.0 Å². The van der Waals surface area contributed by atoms with Crippen LogP contribution in [0.2, 0.25) is 0 Å². The lowest BCUT2D eigenvalue weighted by Crippen LogP contribution is -2.33. The summed E-state index contributed by atoms with van der Waals surface area (Å²) in [5.74, 6) is -1.10. The molecule has 7 heteroatoms. The lowest BCUT2D eigenvalue weighted by Gasteiger charge is -2.19. The zero-order chi connectivity index (χ0) is 20.4. The summed E-state index contributed by atoms with van der Waals surface area (Å²) in [5, 5.41) is 6.22. The Balaban J connectivity index is 1.64. The van der Waals surface area contributed by atoms with Crippen LogP contribution in [0.1, 0.15) is 65.1 Å². The monoisotopic (exact) mass is 412 g/mol. The van der Waals surface area contributed by atoms with E-state index in [0.29, 0.717) is 16.1 Å². The number of thiophene rings is 1. The van der Waals surface area contributed by atoms with Crippen LogP contribution in [0.15, 0.2) is 30.3 Å². The number of fused-ring (bicyclic) bond motifs is 1. The van der Waals surface area contributed by atoms with Crippen molar-refractivity contribution < 1.29 is 19.1 Å². The van der Waals surface area contributed by atoms with Crippen molar-refractivity contribution in [3.63, 3.8) is 0 Å². The summed E-state index contributed by atoms with van der Waals surface area (Å²) in [6.45, 7) is 1.42. The van der Waals surface area contributed by atoms with E-state index in [1.165, 1.54) is 18.3 Å². The number of hydrogen-bond donors (Lipinski definition) is 2. The average molecular weight is 413 g/mol. The first kappa shape index (κ1) is 19.6. The number of benzene rings is 1. The fraction of sp³-hybridized carbons (Fsp3) is 0.409. The van der Waals surface area contributed by atoms with Crippen LogP contribution in [0, 0.1) is 0 Å². The van der Waals surface area contributed by atoms with Crippen molar-refractivity contribution in [1.82, 2.24) is 5.32 Å². The smallest absolute Gasteiger partial charge is 0.342 e. The van der Waals surface area contributed by atoms with Crippen molar-refractivity contribution in [2.75, 3.05) is 5.32 Å². The predicted octanol–water partition coefficient (Wildman–Crippen LogP) is 3.76. The molecule has 152 valence electrons. The van der Waals surface area contributed by atoms with Crippen molar-refractivity contribution in [1.29, 1.82) is 0 Å². The van der Waals surface area contributed by atoms with Crippen LogP contribution in [0.4, 0.5) is 5.00 Å². The summed E-state index contributed by atoms with van der Waals surface area (Å²) in [6, 6.07) is 9.21. The van der Waals surface area contributed by atoms with Gasteiger partial charge in [-0.2, -0.15) is 0 Å². The standard InChI is InChI=1S/C22H24N2O4S/c1-13(25)23-21-18(16-9-5-6-10-17(16)29-21)22(27)28-19(14-7-3-2-4-8-14)20(26)24-15-11-12-15/h2-4,7-8,15,19H,5-6,9-12H2,1H3,(H,23,25)(H,24,26)/t19-/m0/s1. The van der Waals surface area contributed by atoms with Crippen molar-refractivity contribution in [2.24, 2.45) is 0 Å². The number of esters is 1. The van der Waals surface area contributed by atoms with Gasteiger partial charge in [0, 0.05) is 23.4 Å². The molecule has 2 aliphatic carbocycles. The molecule has 2 N–H and O–H groups in total. The van der Waals surface area contributed by atoms with Crippen LogP contribution in [0.3, 0.4) is 0 Å². The second kappa shape index (κ2) is 8.37. The molecule has 0 saturated heterocycles. The fourth-order valence-electron chi connectivity index (χ4n) is 3.60. The third kappa shape index (κ3) is 4.50. The second-order valence-electron chi connectivity index (χ2n) is 7.58. The molecule has 6 nitrogen and oxygen atoms in total. The summed E-state index contributed by atoms with van der Waals surface area (Å²) >= 11 is 1.44. The maximum absolute atomic E-state index is 13.2. The van der Waals surface area contributed by atoms with Gasteiger partial charge < -0.3 is 15.4 Å². The maximum Gasteiger partial charge on any atom is 0.342 e. The van der Waals surface area contributed by atoms with Crippen LogP contribution in [0.5, 0.6) is 0 Å². The Morgan fingerprint density at radius 2 is 1.83 bits per heavy atom. The van der Waals surface area contributed by atoms with E-state index < -0.39 is 12.1 Å². The number of carbonyl (C=O) groups is 3. The Morgan fingerprint density at radius 1 is 1.10 bits per heavy atom. The van der Waals surface area contributed by atoms with E-state index in [1.807, 2.05) is 18.2 Å². The third-order valence-corrected chi connectivity index (χ3v) is 6.36. The van der Waals surface area contributed by atoms with E-state index >= 15 is 0 Å². The molecule has 0 bridgehead atoms. The molecule has 0 aliphatic heterocycles. The highest BCUT2D eigenvalue weighted by molar-refractivity contribution is 7.17. The summed E-state index contributed by atoms with van der Waals surface area (Å²) in [4.78, 5) is 38.8. The summed E-state index contributed by atoms with van der Waals surface area (Å²) in [6.07, 6.45) is 4.61. The van der Waals surface area contributed by atoms with Crippen LogP contribution in [-0.4, -0.2) is 23.8 Å². The van der Waals surface area contributed by atoms with E-state index in [9.17, 15) is 14.4 Å². The lowest BCUT2D eigenvalue weighted by atomic mass is 9.95. The van der Waals surface area contributed by atoms with E-state index in [-0.39, 0.29) is 17.9 Å². The molecule has 0 radical (unpaired) electrons. The number of hydrogen-bond acceptors (Lipinski definition) is 5. The van der Waals surface area contributed by atoms with E-state index in [2.05, 4.69) is 10.6 Å². The first-order valence-electron chi connectivity index (χ1n) is 10.0. The molecule has 1 atom stereocenters. The summed E-state index contributed by atoms with van der Waals surface area (Å²) < 4.78 is 5.76. The third-order valence-electron chi connectivity index (χ3n) is 5.15. The van der Waals surface area contributed by atoms with Crippen LogP contribution in [-0.2, 0) is 27.2 Å². The molecule has 29 heavy (non-hydrogen) atoms. The minimum atomic E-state index is -1.02. The van der Waals surface area contributed by atoms with Crippen LogP contribution < -0.4 is 10.6 Å². The topological polar surface area (TPSA) is 84.5 Å². The van der Waals surface area contributed by atoms with E-state index in [1.54, 1.807) is 12.1 Å². The Morgan fingerprint density at radius 3 is 2.52 bits per heavy atom. The van der Waals surface area contributed by atoms with Gasteiger partial charge in [-0.05, 0) is 44.1 Å². The van der Waals surface area contributed by atoms with Gasteiger partial charge in [-0.25, -0.2) is 4.79 Å². The largest absolute Gasteiger partial charge is 0.444 e. The predicted molar refractivity (Wildman–Crippen MR) is 111 cm³/mol. The van der Waals surface area contributed by atoms with E-state index in [4.69, 9.17) is 4.74 Å². The number of nitrogens with one attached hydrogen (secondary N) is 2. The number of aryl methyl sites for hydroxylation is 1. The lowest BCUT2D eigenvalue weighted by molar-refractivity contribution is -0.130. The molecule has 4 rings (SSSR count). The molecule has 2 aliphatic rings. The highest BCUT2D eigenvalue weighted by atomic mass is 32.1. The van der Waals surface area contributed by atoms with Crippen molar-refractivity contribution in [2.45, 2.75) is 57.6 Å². The van der Waals surface area contributed by atoms with Gasteiger partial charge in [0.25, 0.3) is 5.91 Å². The number of carbonyl (C=O) groups excluding carboxylic acids is 3. The normalized spacial score (nSPS) is 16.4. The van der Waals surface area contributed by atoms with Gasteiger partial charge in [0.1, 0.15) is 5.00 Å². The van der Waals surface area contributed by atoms with Gasteiger partial charge in [0.05, 0.1) is 5.56 Å². The minimum absolute atomic E-state index is 0.163. The molecular formula is C22H24N2O4S. The SMILES string of the molecule is CC(=O)Nc1sc2c(c1C(=O)O[C@H](C(=O)NC1CC1)c1ccccc1)CCCC2. The Labute approximate surface area is 173 Å². The van der Waals surface area contributed by atoms with Crippen LogP contribution in [0.25, 0.3) is 0 Å². The molecule has 0 spiro atoms. The van der Waals surface area contributed by atoms with Crippen molar-refractivity contribution in [3.05, 3.63) is 51.9 Å². The van der Waals surface area contributed by atoms with Gasteiger partial charge in [-0.3, -0.25) is 9.59 Å². The molecule has 1 saturated carbocycles. The fourth-order valence-corrected chi connectivity index (χ4v) is 4.92. The maximum atomic E-state index is 13.2.